The zero-order valence-electron chi connectivity index (χ0n) is 11.8. The van der Waals surface area contributed by atoms with Gasteiger partial charge in [-0.3, -0.25) is 0 Å². The SMILES string of the molecule is Cc1cc(N(C)C)nc(CNS(=O)(=O)c2ccc(Cl)s2)n1. The van der Waals surface area contributed by atoms with Crippen LogP contribution in [0.3, 0.4) is 0 Å². The highest BCUT2D eigenvalue weighted by molar-refractivity contribution is 7.91. The Morgan fingerprint density at radius 1 is 1.33 bits per heavy atom. The van der Waals surface area contributed by atoms with Crippen LogP contribution in [0, 0.1) is 6.92 Å². The molecule has 0 aliphatic rings. The Labute approximate surface area is 132 Å². The first-order chi connectivity index (χ1) is 9.78. The van der Waals surface area contributed by atoms with Crippen LogP contribution >= 0.6 is 22.9 Å². The maximum atomic E-state index is 12.1. The van der Waals surface area contributed by atoms with E-state index in [4.69, 9.17) is 11.6 Å². The number of halogens is 1. The zero-order chi connectivity index (χ0) is 15.6. The monoisotopic (exact) mass is 346 g/mol. The Balaban J connectivity index is 2.16. The summed E-state index contributed by atoms with van der Waals surface area (Å²) in [6, 6.07) is 4.85. The van der Waals surface area contributed by atoms with E-state index < -0.39 is 10.0 Å². The Hall–Kier alpha value is -1.22. The summed E-state index contributed by atoms with van der Waals surface area (Å²) in [5, 5.41) is 0. The Bertz CT molecular complexity index is 743. The molecule has 6 nitrogen and oxygen atoms in total. The van der Waals surface area contributed by atoms with Crippen LogP contribution in [0.1, 0.15) is 11.5 Å². The number of aromatic nitrogens is 2. The second kappa shape index (κ2) is 6.27. The van der Waals surface area contributed by atoms with E-state index in [2.05, 4.69) is 14.7 Å². The van der Waals surface area contributed by atoms with Crippen LogP contribution in [0.2, 0.25) is 4.34 Å². The summed E-state index contributed by atoms with van der Waals surface area (Å²) in [4.78, 5) is 10.4. The molecule has 2 aromatic rings. The van der Waals surface area contributed by atoms with Gasteiger partial charge in [-0.05, 0) is 19.1 Å². The van der Waals surface area contributed by atoms with Crippen molar-refractivity contribution in [2.24, 2.45) is 0 Å². The first-order valence-electron chi connectivity index (χ1n) is 6.05. The molecular formula is C12H15ClN4O2S2. The van der Waals surface area contributed by atoms with E-state index in [-0.39, 0.29) is 10.8 Å². The lowest BCUT2D eigenvalue weighted by Gasteiger charge is -2.13. The molecule has 0 aliphatic carbocycles. The fraction of sp³-hybridized carbons (Fsp3) is 0.333. The van der Waals surface area contributed by atoms with Crippen LogP contribution in [0.15, 0.2) is 22.4 Å². The summed E-state index contributed by atoms with van der Waals surface area (Å²) in [5.74, 6) is 1.15. The van der Waals surface area contributed by atoms with Crippen molar-refractivity contribution >= 4 is 38.8 Å². The van der Waals surface area contributed by atoms with Crippen LogP contribution in [-0.4, -0.2) is 32.5 Å². The highest BCUT2D eigenvalue weighted by atomic mass is 35.5. The van der Waals surface area contributed by atoms with Crippen LogP contribution in [0.25, 0.3) is 0 Å². The molecule has 2 aromatic heterocycles. The summed E-state index contributed by atoms with van der Waals surface area (Å²) in [7, 11) is 0.136. The number of aryl methyl sites for hydroxylation is 1. The van der Waals surface area contributed by atoms with Crippen molar-refractivity contribution in [3.05, 3.63) is 34.1 Å². The van der Waals surface area contributed by atoms with Gasteiger partial charge in [-0.2, -0.15) is 0 Å². The number of anilines is 1. The van der Waals surface area contributed by atoms with E-state index in [9.17, 15) is 8.42 Å². The third-order valence-electron chi connectivity index (χ3n) is 2.58. The molecule has 21 heavy (non-hydrogen) atoms. The number of sulfonamides is 1. The van der Waals surface area contributed by atoms with Gasteiger partial charge in [-0.1, -0.05) is 11.6 Å². The third-order valence-corrected chi connectivity index (χ3v) is 5.70. The number of hydrogen-bond donors (Lipinski definition) is 1. The van der Waals surface area contributed by atoms with E-state index in [0.717, 1.165) is 22.8 Å². The van der Waals surface area contributed by atoms with Gasteiger partial charge >= 0.3 is 0 Å². The van der Waals surface area contributed by atoms with E-state index in [1.54, 1.807) is 6.07 Å². The van der Waals surface area contributed by atoms with E-state index >= 15 is 0 Å². The number of nitrogens with zero attached hydrogens (tertiary/aromatic N) is 3. The molecule has 0 saturated carbocycles. The fourth-order valence-electron chi connectivity index (χ4n) is 1.59. The quantitative estimate of drug-likeness (QED) is 0.896. The van der Waals surface area contributed by atoms with Gasteiger partial charge in [0.2, 0.25) is 0 Å². The van der Waals surface area contributed by atoms with Gasteiger partial charge in [-0.25, -0.2) is 23.1 Å². The van der Waals surface area contributed by atoms with Crippen molar-refractivity contribution in [3.63, 3.8) is 0 Å². The lowest BCUT2D eigenvalue weighted by atomic mass is 10.4. The maximum absolute atomic E-state index is 12.1. The number of nitrogens with one attached hydrogen (secondary N) is 1. The molecule has 0 aromatic carbocycles. The molecule has 0 fully saturated rings. The van der Waals surface area contributed by atoms with Gasteiger partial charge in [0.25, 0.3) is 10.0 Å². The maximum Gasteiger partial charge on any atom is 0.250 e. The Morgan fingerprint density at radius 2 is 2.05 bits per heavy atom. The molecule has 0 saturated heterocycles. The van der Waals surface area contributed by atoms with E-state index in [1.165, 1.54) is 6.07 Å². The molecule has 1 N–H and O–H groups in total. The van der Waals surface area contributed by atoms with Gasteiger partial charge in [0.05, 0.1) is 10.9 Å². The summed E-state index contributed by atoms with van der Waals surface area (Å²) >= 11 is 6.76. The number of thiophene rings is 1. The molecule has 0 unspecified atom stereocenters. The highest BCUT2D eigenvalue weighted by Gasteiger charge is 2.17. The molecular weight excluding hydrogens is 332 g/mol. The fourth-order valence-corrected chi connectivity index (χ4v) is 4.10. The molecule has 114 valence electrons. The Kier molecular flexibility index (Phi) is 4.82. The number of rotatable bonds is 5. The zero-order valence-corrected chi connectivity index (χ0v) is 14.2. The van der Waals surface area contributed by atoms with Gasteiger partial charge in [0.1, 0.15) is 15.9 Å². The molecule has 9 heteroatoms. The van der Waals surface area contributed by atoms with Crippen LogP contribution in [0.5, 0.6) is 0 Å². The van der Waals surface area contributed by atoms with Crippen LogP contribution < -0.4 is 9.62 Å². The first kappa shape index (κ1) is 16.2. The molecule has 0 spiro atoms. The van der Waals surface area contributed by atoms with Crippen molar-refractivity contribution in [1.82, 2.24) is 14.7 Å². The van der Waals surface area contributed by atoms with Crippen molar-refractivity contribution in [1.29, 1.82) is 0 Å². The molecule has 0 amide bonds. The lowest BCUT2D eigenvalue weighted by Crippen LogP contribution is -2.24. The minimum atomic E-state index is -3.59. The molecule has 0 atom stereocenters. The molecule has 0 aliphatic heterocycles. The Morgan fingerprint density at radius 3 is 2.62 bits per heavy atom. The second-order valence-corrected chi connectivity index (χ2v) is 8.27. The summed E-state index contributed by atoms with van der Waals surface area (Å²) < 4.78 is 27.3. The summed E-state index contributed by atoms with van der Waals surface area (Å²) in [6.07, 6.45) is 0. The van der Waals surface area contributed by atoms with Crippen molar-refractivity contribution in [2.45, 2.75) is 17.7 Å². The van der Waals surface area contributed by atoms with E-state index in [1.807, 2.05) is 32.0 Å². The molecule has 0 radical (unpaired) electrons. The lowest BCUT2D eigenvalue weighted by molar-refractivity contribution is 0.581. The van der Waals surface area contributed by atoms with Crippen LogP contribution in [0.4, 0.5) is 5.82 Å². The topological polar surface area (TPSA) is 75.2 Å². The van der Waals surface area contributed by atoms with Crippen molar-refractivity contribution < 1.29 is 8.42 Å². The number of hydrogen-bond acceptors (Lipinski definition) is 6. The van der Waals surface area contributed by atoms with E-state index in [0.29, 0.717) is 10.2 Å². The average molecular weight is 347 g/mol. The summed E-state index contributed by atoms with van der Waals surface area (Å²) in [5.41, 5.74) is 0.780. The highest BCUT2D eigenvalue weighted by Crippen LogP contribution is 2.25. The minimum Gasteiger partial charge on any atom is -0.363 e. The predicted octanol–water partition coefficient (Wildman–Crippen LogP) is 2.04. The second-order valence-electron chi connectivity index (χ2n) is 4.56. The minimum absolute atomic E-state index is 0.0281. The standard InChI is InChI=1S/C12H15ClN4O2S2/c1-8-6-11(17(2)3)16-10(15-8)7-14-21(18,19)12-5-4-9(13)20-12/h4-6,14H,7H2,1-3H3. The first-order valence-corrected chi connectivity index (χ1v) is 8.72. The smallest absolute Gasteiger partial charge is 0.250 e. The van der Waals surface area contributed by atoms with Crippen LogP contribution in [-0.2, 0) is 16.6 Å². The third kappa shape index (κ3) is 4.13. The molecule has 0 bridgehead atoms. The van der Waals surface area contributed by atoms with Gasteiger partial charge in [0.15, 0.2) is 0 Å². The van der Waals surface area contributed by atoms with Gasteiger partial charge in [-0.15, -0.1) is 11.3 Å². The largest absolute Gasteiger partial charge is 0.363 e. The predicted molar refractivity (Wildman–Crippen MR) is 84.5 cm³/mol. The van der Waals surface area contributed by atoms with Gasteiger partial charge < -0.3 is 4.90 Å². The van der Waals surface area contributed by atoms with Gasteiger partial charge in [0, 0.05) is 25.9 Å². The van der Waals surface area contributed by atoms with Crippen molar-refractivity contribution in [2.75, 3.05) is 19.0 Å². The van der Waals surface area contributed by atoms with Crippen molar-refractivity contribution in [3.8, 4) is 0 Å². The molecule has 2 heterocycles. The molecule has 2 rings (SSSR count). The average Bonchev–Trinajstić information content (AvgIpc) is 2.83. The summed E-state index contributed by atoms with van der Waals surface area (Å²) in [6.45, 7) is 1.87. The normalized spacial score (nSPS) is 11.6.